The lowest BCUT2D eigenvalue weighted by Gasteiger charge is -2.11. The van der Waals surface area contributed by atoms with Crippen LogP contribution >= 0.6 is 0 Å². The van der Waals surface area contributed by atoms with Gasteiger partial charge in [0.05, 0.1) is 12.5 Å². The molecule has 0 amide bonds. The van der Waals surface area contributed by atoms with Gasteiger partial charge < -0.3 is 9.84 Å². The summed E-state index contributed by atoms with van der Waals surface area (Å²) in [6.07, 6.45) is 5.40. The highest BCUT2D eigenvalue weighted by Crippen LogP contribution is 2.15. The van der Waals surface area contributed by atoms with Crippen molar-refractivity contribution in [2.75, 3.05) is 6.61 Å². The topological polar surface area (TPSA) is 63.6 Å². The summed E-state index contributed by atoms with van der Waals surface area (Å²) in [6, 6.07) is 0. The first-order chi connectivity index (χ1) is 7.57. The molecule has 4 nitrogen and oxygen atoms in total. The van der Waals surface area contributed by atoms with Crippen LogP contribution < -0.4 is 0 Å². The van der Waals surface area contributed by atoms with Crippen molar-refractivity contribution in [3.63, 3.8) is 0 Å². The van der Waals surface area contributed by atoms with Gasteiger partial charge in [0.15, 0.2) is 0 Å². The van der Waals surface area contributed by atoms with Crippen molar-refractivity contribution in [1.82, 2.24) is 0 Å². The van der Waals surface area contributed by atoms with E-state index in [-0.39, 0.29) is 18.5 Å². The lowest BCUT2D eigenvalue weighted by molar-refractivity contribution is -0.146. The third kappa shape index (κ3) is 8.26. The molecule has 0 radical (unpaired) electrons. The van der Waals surface area contributed by atoms with Crippen LogP contribution in [-0.4, -0.2) is 23.7 Å². The van der Waals surface area contributed by atoms with Crippen molar-refractivity contribution in [2.24, 2.45) is 5.92 Å². The quantitative estimate of drug-likeness (QED) is 0.488. The van der Waals surface area contributed by atoms with E-state index in [0.29, 0.717) is 12.8 Å². The lowest BCUT2D eigenvalue weighted by Crippen LogP contribution is -2.16. The first-order valence-corrected chi connectivity index (χ1v) is 5.94. The molecule has 0 aromatic rings. The van der Waals surface area contributed by atoms with Crippen LogP contribution in [0.25, 0.3) is 0 Å². The maximum absolute atomic E-state index is 10.9. The number of hydrogen-bond donors (Lipinski definition) is 1. The van der Waals surface area contributed by atoms with Gasteiger partial charge in [0.1, 0.15) is 0 Å². The molecule has 94 valence electrons. The molecule has 0 fully saturated rings. The van der Waals surface area contributed by atoms with E-state index < -0.39 is 5.97 Å². The smallest absolute Gasteiger partial charge is 0.306 e. The van der Waals surface area contributed by atoms with Gasteiger partial charge in [0.2, 0.25) is 0 Å². The number of unbranched alkanes of at least 4 members (excludes halogenated alkanes) is 3. The van der Waals surface area contributed by atoms with Gasteiger partial charge in [-0.15, -0.1) is 0 Å². The highest BCUT2D eigenvalue weighted by molar-refractivity contribution is 5.70. The SMILES string of the molecule is CCCCCCC(CCOC(C)=O)C(=O)O. The van der Waals surface area contributed by atoms with Crippen LogP contribution in [0, 0.1) is 5.92 Å². The van der Waals surface area contributed by atoms with E-state index in [1.165, 1.54) is 6.92 Å². The molecule has 0 saturated carbocycles. The highest BCUT2D eigenvalue weighted by Gasteiger charge is 2.16. The monoisotopic (exact) mass is 230 g/mol. The molecule has 0 bridgehead atoms. The fourth-order valence-electron chi connectivity index (χ4n) is 1.55. The van der Waals surface area contributed by atoms with Crippen LogP contribution in [0.2, 0.25) is 0 Å². The summed E-state index contributed by atoms with van der Waals surface area (Å²) in [5.74, 6) is -1.52. The second kappa shape index (κ2) is 9.19. The molecule has 1 atom stereocenters. The van der Waals surface area contributed by atoms with Gasteiger partial charge in [0, 0.05) is 6.92 Å². The molecule has 0 aromatic heterocycles. The Morgan fingerprint density at radius 1 is 1.19 bits per heavy atom. The normalized spacial score (nSPS) is 12.1. The summed E-state index contributed by atoms with van der Waals surface area (Å²) >= 11 is 0. The standard InChI is InChI=1S/C12H22O4/c1-3-4-5-6-7-11(12(14)15)8-9-16-10(2)13/h11H,3-9H2,1-2H3,(H,14,15). The summed E-state index contributed by atoms with van der Waals surface area (Å²) in [6.45, 7) is 3.66. The highest BCUT2D eigenvalue weighted by atomic mass is 16.5. The Morgan fingerprint density at radius 2 is 1.88 bits per heavy atom. The van der Waals surface area contributed by atoms with Crippen molar-refractivity contribution in [1.29, 1.82) is 0 Å². The van der Waals surface area contributed by atoms with Crippen LogP contribution in [0.3, 0.4) is 0 Å². The van der Waals surface area contributed by atoms with Crippen molar-refractivity contribution in [3.8, 4) is 0 Å². The van der Waals surface area contributed by atoms with Crippen LogP contribution in [0.4, 0.5) is 0 Å². The summed E-state index contributed by atoms with van der Waals surface area (Å²) in [4.78, 5) is 21.4. The molecule has 1 N–H and O–H groups in total. The minimum atomic E-state index is -0.788. The van der Waals surface area contributed by atoms with Crippen molar-refractivity contribution in [2.45, 2.75) is 52.4 Å². The third-order valence-electron chi connectivity index (χ3n) is 2.53. The largest absolute Gasteiger partial charge is 0.481 e. The van der Waals surface area contributed by atoms with E-state index in [9.17, 15) is 9.59 Å². The van der Waals surface area contributed by atoms with Crippen LogP contribution in [-0.2, 0) is 14.3 Å². The minimum absolute atomic E-state index is 0.208. The third-order valence-corrected chi connectivity index (χ3v) is 2.53. The number of aliphatic carboxylic acids is 1. The van der Waals surface area contributed by atoms with Crippen molar-refractivity contribution < 1.29 is 19.4 Å². The predicted molar refractivity (Wildman–Crippen MR) is 61.1 cm³/mol. The Balaban J connectivity index is 3.71. The average Bonchev–Trinajstić information content (AvgIpc) is 2.20. The number of rotatable bonds is 9. The Kier molecular flexibility index (Phi) is 8.58. The molecular formula is C12H22O4. The summed E-state index contributed by atoms with van der Waals surface area (Å²) in [5, 5.41) is 8.95. The number of ether oxygens (including phenoxy) is 1. The molecule has 0 aliphatic carbocycles. The van der Waals surface area contributed by atoms with Crippen molar-refractivity contribution >= 4 is 11.9 Å². The second-order valence-corrected chi connectivity index (χ2v) is 4.01. The Bertz CT molecular complexity index is 213. The van der Waals surface area contributed by atoms with E-state index >= 15 is 0 Å². The minimum Gasteiger partial charge on any atom is -0.481 e. The molecule has 0 spiro atoms. The molecule has 0 saturated heterocycles. The van der Waals surface area contributed by atoms with E-state index in [4.69, 9.17) is 9.84 Å². The zero-order chi connectivity index (χ0) is 12.4. The lowest BCUT2D eigenvalue weighted by atomic mass is 9.98. The van der Waals surface area contributed by atoms with Crippen LogP contribution in [0.15, 0.2) is 0 Å². The molecular weight excluding hydrogens is 208 g/mol. The first-order valence-electron chi connectivity index (χ1n) is 5.94. The predicted octanol–water partition coefficient (Wildman–Crippen LogP) is 2.61. The summed E-state index contributed by atoms with van der Waals surface area (Å²) < 4.78 is 4.75. The zero-order valence-corrected chi connectivity index (χ0v) is 10.2. The Morgan fingerprint density at radius 3 is 2.38 bits per heavy atom. The molecule has 1 unspecified atom stereocenters. The number of hydrogen-bond acceptors (Lipinski definition) is 3. The van der Waals surface area contributed by atoms with E-state index in [1.807, 2.05) is 0 Å². The van der Waals surface area contributed by atoms with Crippen LogP contribution in [0.1, 0.15) is 52.4 Å². The maximum atomic E-state index is 10.9. The van der Waals surface area contributed by atoms with Crippen LogP contribution in [0.5, 0.6) is 0 Å². The van der Waals surface area contributed by atoms with Gasteiger partial charge in [-0.05, 0) is 12.8 Å². The van der Waals surface area contributed by atoms with Gasteiger partial charge in [-0.2, -0.15) is 0 Å². The molecule has 0 rings (SSSR count). The molecule has 0 aliphatic heterocycles. The zero-order valence-electron chi connectivity index (χ0n) is 10.2. The molecule has 4 heteroatoms. The van der Waals surface area contributed by atoms with Gasteiger partial charge in [-0.25, -0.2) is 0 Å². The number of carboxylic acid groups (broad SMARTS) is 1. The van der Waals surface area contributed by atoms with Gasteiger partial charge in [-0.3, -0.25) is 9.59 Å². The molecule has 0 heterocycles. The Hall–Kier alpha value is -1.06. The fraction of sp³-hybridized carbons (Fsp3) is 0.833. The van der Waals surface area contributed by atoms with Gasteiger partial charge >= 0.3 is 11.9 Å². The maximum Gasteiger partial charge on any atom is 0.306 e. The van der Waals surface area contributed by atoms with Crippen molar-refractivity contribution in [3.05, 3.63) is 0 Å². The molecule has 16 heavy (non-hydrogen) atoms. The fourth-order valence-corrected chi connectivity index (χ4v) is 1.55. The number of esters is 1. The van der Waals surface area contributed by atoms with E-state index in [2.05, 4.69) is 6.92 Å². The average molecular weight is 230 g/mol. The first kappa shape index (κ1) is 14.9. The summed E-state index contributed by atoms with van der Waals surface area (Å²) in [5.41, 5.74) is 0. The molecule has 0 aliphatic rings. The van der Waals surface area contributed by atoms with E-state index in [1.54, 1.807) is 0 Å². The van der Waals surface area contributed by atoms with Gasteiger partial charge in [0.25, 0.3) is 0 Å². The number of carbonyl (C=O) groups is 2. The number of carboxylic acids is 1. The number of carbonyl (C=O) groups excluding carboxylic acids is 1. The second-order valence-electron chi connectivity index (χ2n) is 4.01. The Labute approximate surface area is 97.0 Å². The summed E-state index contributed by atoms with van der Waals surface area (Å²) in [7, 11) is 0. The van der Waals surface area contributed by atoms with Gasteiger partial charge in [-0.1, -0.05) is 32.6 Å². The molecule has 0 aromatic carbocycles. The van der Waals surface area contributed by atoms with E-state index in [0.717, 1.165) is 25.7 Å².